The maximum Gasteiger partial charge on any atom is 0.181 e. The second kappa shape index (κ2) is 3.33. The van der Waals surface area contributed by atoms with Crippen LogP contribution in [0.3, 0.4) is 0 Å². The van der Waals surface area contributed by atoms with Gasteiger partial charge in [-0.25, -0.2) is 9.67 Å². The van der Waals surface area contributed by atoms with Gasteiger partial charge in [0.25, 0.3) is 0 Å². The van der Waals surface area contributed by atoms with E-state index in [0.29, 0.717) is 18.3 Å². The Bertz CT molecular complexity index is 511. The first kappa shape index (κ1) is 9.38. The zero-order valence-corrected chi connectivity index (χ0v) is 9.05. The number of hydrogen-bond acceptors (Lipinski definition) is 5. The van der Waals surface area contributed by atoms with Crippen molar-refractivity contribution < 1.29 is 4.42 Å². The molecule has 0 aromatic carbocycles. The van der Waals surface area contributed by atoms with Gasteiger partial charge in [0, 0.05) is 5.92 Å². The van der Waals surface area contributed by atoms with E-state index < -0.39 is 0 Å². The summed E-state index contributed by atoms with van der Waals surface area (Å²) < 4.78 is 6.99. The Kier molecular flexibility index (Phi) is 1.95. The number of oxazole rings is 1. The third kappa shape index (κ3) is 1.46. The van der Waals surface area contributed by atoms with Crippen LogP contribution in [0.5, 0.6) is 0 Å². The molecule has 0 aliphatic heterocycles. The summed E-state index contributed by atoms with van der Waals surface area (Å²) in [6.45, 7) is 2.47. The molecule has 1 aliphatic rings. The zero-order valence-electron chi connectivity index (χ0n) is 9.05. The largest absolute Gasteiger partial charge is 0.448 e. The summed E-state index contributed by atoms with van der Waals surface area (Å²) in [5.41, 5.74) is 7.74. The lowest BCUT2D eigenvalue weighted by Gasteiger charge is -2.03. The maximum atomic E-state index is 5.81. The highest BCUT2D eigenvalue weighted by molar-refractivity contribution is 5.38. The van der Waals surface area contributed by atoms with Gasteiger partial charge in [-0.2, -0.15) is 0 Å². The van der Waals surface area contributed by atoms with Gasteiger partial charge in [-0.3, -0.25) is 0 Å². The highest BCUT2D eigenvalue weighted by atomic mass is 16.3. The Labute approximate surface area is 92.5 Å². The molecule has 0 saturated heterocycles. The summed E-state index contributed by atoms with van der Waals surface area (Å²) >= 11 is 0. The number of nitrogens with two attached hydrogens (primary N) is 1. The van der Waals surface area contributed by atoms with E-state index in [0.717, 1.165) is 17.1 Å². The molecule has 84 valence electrons. The van der Waals surface area contributed by atoms with E-state index in [1.54, 1.807) is 0 Å². The lowest BCUT2D eigenvalue weighted by Crippen LogP contribution is -2.07. The molecule has 2 aromatic heterocycles. The highest BCUT2D eigenvalue weighted by Gasteiger charge is 2.30. The second-order valence-electron chi connectivity index (χ2n) is 4.15. The van der Waals surface area contributed by atoms with Crippen molar-refractivity contribution >= 4 is 5.82 Å². The molecule has 16 heavy (non-hydrogen) atoms. The first-order valence-electron chi connectivity index (χ1n) is 5.33. The molecule has 2 N–H and O–H groups in total. The molecule has 0 bridgehead atoms. The van der Waals surface area contributed by atoms with Crippen molar-refractivity contribution in [1.82, 2.24) is 20.0 Å². The van der Waals surface area contributed by atoms with Crippen LogP contribution in [0.4, 0.5) is 5.82 Å². The van der Waals surface area contributed by atoms with E-state index in [4.69, 9.17) is 10.2 Å². The van der Waals surface area contributed by atoms with Crippen molar-refractivity contribution in [2.24, 2.45) is 0 Å². The van der Waals surface area contributed by atoms with Gasteiger partial charge in [0.2, 0.25) is 0 Å². The number of hydrogen-bond donors (Lipinski definition) is 1. The van der Waals surface area contributed by atoms with Gasteiger partial charge in [-0.1, -0.05) is 5.21 Å². The molecule has 3 rings (SSSR count). The Balaban J connectivity index is 1.92. The van der Waals surface area contributed by atoms with E-state index >= 15 is 0 Å². The topological polar surface area (TPSA) is 82.8 Å². The third-order valence-electron chi connectivity index (χ3n) is 2.91. The number of anilines is 1. The number of nitrogen functional groups attached to an aromatic ring is 1. The molecule has 1 saturated carbocycles. The Morgan fingerprint density at radius 1 is 1.56 bits per heavy atom. The van der Waals surface area contributed by atoms with Crippen molar-refractivity contribution in [2.75, 3.05) is 5.73 Å². The zero-order chi connectivity index (χ0) is 11.1. The van der Waals surface area contributed by atoms with Crippen molar-refractivity contribution in [1.29, 1.82) is 0 Å². The monoisotopic (exact) mass is 219 g/mol. The maximum absolute atomic E-state index is 5.81. The normalized spacial score (nSPS) is 15.6. The van der Waals surface area contributed by atoms with E-state index in [1.807, 2.05) is 11.6 Å². The summed E-state index contributed by atoms with van der Waals surface area (Å²) in [7, 11) is 0. The highest BCUT2D eigenvalue weighted by Crippen LogP contribution is 2.42. The molecular formula is C10H13N5O. The molecule has 0 radical (unpaired) electrons. The van der Waals surface area contributed by atoms with Gasteiger partial charge in [-0.15, -0.1) is 5.10 Å². The van der Waals surface area contributed by atoms with Crippen molar-refractivity contribution in [3.63, 3.8) is 0 Å². The summed E-state index contributed by atoms with van der Waals surface area (Å²) in [4.78, 5) is 4.15. The van der Waals surface area contributed by atoms with Crippen molar-refractivity contribution in [3.8, 4) is 0 Å². The Morgan fingerprint density at radius 2 is 2.38 bits per heavy atom. The lowest BCUT2D eigenvalue weighted by molar-refractivity contribution is 0.520. The van der Waals surface area contributed by atoms with E-state index in [1.165, 1.54) is 19.2 Å². The van der Waals surface area contributed by atoms with E-state index in [9.17, 15) is 0 Å². The van der Waals surface area contributed by atoms with Crippen molar-refractivity contribution in [2.45, 2.75) is 32.2 Å². The van der Waals surface area contributed by atoms with Gasteiger partial charge < -0.3 is 10.2 Å². The number of aromatic nitrogens is 4. The molecular weight excluding hydrogens is 206 g/mol. The van der Waals surface area contributed by atoms with Crippen LogP contribution in [0.2, 0.25) is 0 Å². The van der Waals surface area contributed by atoms with Crippen LogP contribution in [0.15, 0.2) is 10.8 Å². The molecule has 0 amide bonds. The minimum absolute atomic E-state index is 0.530. The molecule has 1 fully saturated rings. The van der Waals surface area contributed by atoms with Crippen molar-refractivity contribution in [3.05, 3.63) is 23.5 Å². The summed E-state index contributed by atoms with van der Waals surface area (Å²) in [6, 6.07) is 0. The lowest BCUT2D eigenvalue weighted by atomic mass is 10.3. The average Bonchev–Trinajstić information content (AvgIpc) is 2.92. The van der Waals surface area contributed by atoms with Gasteiger partial charge in [0.05, 0.1) is 12.2 Å². The smallest absolute Gasteiger partial charge is 0.181 e. The number of aryl methyl sites for hydroxylation is 1. The molecule has 0 spiro atoms. The Hall–Kier alpha value is -1.85. The fourth-order valence-corrected chi connectivity index (χ4v) is 1.85. The third-order valence-corrected chi connectivity index (χ3v) is 2.91. The first-order chi connectivity index (χ1) is 7.75. The molecule has 6 nitrogen and oxygen atoms in total. The molecule has 1 aliphatic carbocycles. The number of nitrogens with zero attached hydrogens (tertiary/aromatic N) is 4. The average molecular weight is 219 g/mol. The fourth-order valence-electron chi connectivity index (χ4n) is 1.85. The Morgan fingerprint density at radius 3 is 3.00 bits per heavy atom. The minimum atomic E-state index is 0.530. The van der Waals surface area contributed by atoms with Crippen LogP contribution in [0, 0.1) is 6.92 Å². The van der Waals surface area contributed by atoms with Gasteiger partial charge >= 0.3 is 0 Å². The van der Waals surface area contributed by atoms with Crippen LogP contribution < -0.4 is 5.73 Å². The summed E-state index contributed by atoms with van der Waals surface area (Å²) in [5, 5.41) is 7.97. The fraction of sp³-hybridized carbons (Fsp3) is 0.500. The van der Waals surface area contributed by atoms with Crippen LogP contribution >= 0.6 is 0 Å². The SMILES string of the molecule is Cc1ocnc1Cn1nnc(N)c1C1CC1. The number of rotatable bonds is 3. The molecule has 0 atom stereocenters. The predicted octanol–water partition coefficient (Wildman–Crippen LogP) is 1.08. The second-order valence-corrected chi connectivity index (χ2v) is 4.15. The van der Waals surface area contributed by atoms with E-state index in [-0.39, 0.29) is 0 Å². The van der Waals surface area contributed by atoms with Crippen LogP contribution in [0.1, 0.15) is 35.9 Å². The first-order valence-corrected chi connectivity index (χ1v) is 5.33. The standard InChI is InChI=1S/C10H13N5O/c1-6-8(12-5-16-6)4-15-9(7-2-3-7)10(11)13-14-15/h5,7H,2-4,11H2,1H3. The van der Waals surface area contributed by atoms with Gasteiger partial charge in [-0.05, 0) is 19.8 Å². The predicted molar refractivity (Wildman–Crippen MR) is 56.8 cm³/mol. The van der Waals surface area contributed by atoms with Gasteiger partial charge in [0.15, 0.2) is 12.2 Å². The quantitative estimate of drug-likeness (QED) is 0.835. The van der Waals surface area contributed by atoms with E-state index in [2.05, 4.69) is 15.3 Å². The summed E-state index contributed by atoms with van der Waals surface area (Å²) in [5.74, 6) is 1.89. The molecule has 2 heterocycles. The van der Waals surface area contributed by atoms with Crippen LogP contribution in [0.25, 0.3) is 0 Å². The molecule has 2 aromatic rings. The molecule has 6 heteroatoms. The van der Waals surface area contributed by atoms with Crippen LogP contribution in [-0.2, 0) is 6.54 Å². The minimum Gasteiger partial charge on any atom is -0.448 e. The van der Waals surface area contributed by atoms with Gasteiger partial charge in [0.1, 0.15) is 11.5 Å². The summed E-state index contributed by atoms with van der Waals surface area (Å²) in [6.07, 6.45) is 3.80. The molecule has 0 unspecified atom stereocenters. The van der Waals surface area contributed by atoms with Crippen LogP contribution in [-0.4, -0.2) is 20.0 Å².